The van der Waals surface area contributed by atoms with E-state index in [-0.39, 0.29) is 0 Å². The Hall–Kier alpha value is 1.46. The van der Waals surface area contributed by atoms with Crippen molar-refractivity contribution in [3.63, 3.8) is 0 Å². The molecule has 0 saturated heterocycles. The number of hydrogen-bond donors (Lipinski definition) is 0. The van der Waals surface area contributed by atoms with Crippen molar-refractivity contribution in [2.24, 2.45) is 0 Å². The van der Waals surface area contributed by atoms with Gasteiger partial charge in [0.1, 0.15) is 0 Å². The fourth-order valence-electron chi connectivity index (χ4n) is 0. The summed E-state index contributed by atoms with van der Waals surface area (Å²) < 4.78 is 1.62. The van der Waals surface area contributed by atoms with Crippen LogP contribution in [0.5, 0.6) is 0 Å². The van der Waals surface area contributed by atoms with Crippen molar-refractivity contribution >= 4 is 45.2 Å². The third kappa shape index (κ3) is 3.64. The minimum absolute atomic E-state index is 0.809. The second kappa shape index (κ2) is 3.46. The lowest BCUT2D eigenvalue weighted by Gasteiger charge is -2.01. The Morgan fingerprint density at radius 2 is 1.17 bits per heavy atom. The molecule has 38 valence electrons. The van der Waals surface area contributed by atoms with Crippen molar-refractivity contribution in [3.05, 3.63) is 0 Å². The van der Waals surface area contributed by atoms with Crippen LogP contribution in [0.15, 0.2) is 0 Å². The smallest absolute Gasteiger partial charge is 0.0196 e. The summed E-state index contributed by atoms with van der Waals surface area (Å²) in [5.41, 5.74) is 0. The van der Waals surface area contributed by atoms with Crippen LogP contribution in [0.4, 0.5) is 0 Å². The van der Waals surface area contributed by atoms with Gasteiger partial charge in [0.15, 0.2) is 0 Å². The second-order valence-corrected chi connectivity index (χ2v) is 5.28. The predicted molar refractivity (Wildman–Crippen MR) is 47.0 cm³/mol. The molecule has 0 fully saturated rings. The van der Waals surface area contributed by atoms with Crippen LogP contribution in [0, 0.1) is 0 Å². The molecule has 0 amide bonds. The molecule has 6 heavy (non-hydrogen) atoms. The molecule has 0 aliphatic rings. The van der Waals surface area contributed by atoms with Crippen LogP contribution in [-0.2, 0) is 0 Å². The fraction of sp³-hybridized carbons (Fsp3) is 1.00. The quantitative estimate of drug-likeness (QED) is 0.516. The third-order valence-electron chi connectivity index (χ3n) is 0.633. The molecule has 0 aromatic carbocycles. The summed E-state index contributed by atoms with van der Waals surface area (Å²) in [5.74, 6) is 0. The zero-order valence-corrected chi connectivity index (χ0v) is 8.23. The van der Waals surface area contributed by atoms with Gasteiger partial charge in [0.2, 0.25) is 0 Å². The third-order valence-corrected chi connectivity index (χ3v) is 4.17. The van der Waals surface area contributed by atoms with Crippen molar-refractivity contribution in [2.75, 3.05) is 0 Å². The van der Waals surface area contributed by atoms with Gasteiger partial charge in [-0.3, -0.25) is 0 Å². The van der Waals surface area contributed by atoms with Crippen LogP contribution in [0.3, 0.4) is 0 Å². The zero-order chi connectivity index (χ0) is 5.15. The van der Waals surface area contributed by atoms with Gasteiger partial charge in [-0.2, -0.15) is 0 Å². The lowest BCUT2D eigenvalue weighted by atomic mass is 10.4. The average Bonchev–Trinajstić information content (AvgIpc) is 1.36. The number of halogens is 2. The average molecular weight is 310 g/mol. The van der Waals surface area contributed by atoms with E-state index < -0.39 is 0 Å². The summed E-state index contributed by atoms with van der Waals surface area (Å²) in [6, 6.07) is 0. The summed E-state index contributed by atoms with van der Waals surface area (Å²) in [5, 5.41) is 0. The Balaban J connectivity index is 2.99. The first-order chi connectivity index (χ1) is 2.64. The molecule has 0 heterocycles. The van der Waals surface area contributed by atoms with Gasteiger partial charge in [-0.15, -0.1) is 0 Å². The summed E-state index contributed by atoms with van der Waals surface area (Å²) in [6.07, 6.45) is 0. The van der Waals surface area contributed by atoms with Crippen LogP contribution in [0.2, 0.25) is 0 Å². The molecular weight excluding hydrogens is 302 g/mol. The summed E-state index contributed by atoms with van der Waals surface area (Å²) in [4.78, 5) is 0. The fourth-order valence-corrected chi connectivity index (χ4v) is 0. The van der Waals surface area contributed by atoms with Crippen LogP contribution >= 0.6 is 45.2 Å². The minimum Gasteiger partial charge on any atom is -0.0818 e. The van der Waals surface area contributed by atoms with Crippen molar-refractivity contribution < 1.29 is 0 Å². The number of alkyl halides is 2. The molecule has 0 spiro atoms. The van der Waals surface area contributed by atoms with E-state index in [2.05, 4.69) is 59.0 Å². The molecule has 2 heteroatoms. The Kier molecular flexibility index (Phi) is 4.30. The molecule has 1 unspecified atom stereocenters. The molecule has 0 aliphatic carbocycles. The van der Waals surface area contributed by atoms with Crippen LogP contribution in [-0.4, -0.2) is 7.85 Å². The summed E-state index contributed by atoms with van der Waals surface area (Å²) >= 11 is 4.85. The molecule has 0 rings (SSSR count). The molecule has 2 atom stereocenters. The maximum atomic E-state index is 2.42. The molecule has 0 aromatic rings. The molecule has 0 N–H and O–H groups in total. The molecule has 0 aromatic heterocycles. The highest BCUT2D eigenvalue weighted by molar-refractivity contribution is 14.1. The van der Waals surface area contributed by atoms with E-state index in [4.69, 9.17) is 0 Å². The van der Waals surface area contributed by atoms with Crippen molar-refractivity contribution in [3.8, 4) is 0 Å². The molecule has 0 radical (unpaired) electrons. The highest BCUT2D eigenvalue weighted by atomic mass is 127. The molecular formula is C4H8I2. The Morgan fingerprint density at radius 1 is 1.00 bits per heavy atom. The van der Waals surface area contributed by atoms with Gasteiger partial charge in [0.05, 0.1) is 0 Å². The van der Waals surface area contributed by atoms with Crippen LogP contribution in [0.25, 0.3) is 0 Å². The lowest BCUT2D eigenvalue weighted by molar-refractivity contribution is 0.993. The van der Waals surface area contributed by atoms with Gasteiger partial charge in [0, 0.05) is 7.85 Å². The molecule has 0 saturated carbocycles. The minimum atomic E-state index is 0.809. The lowest BCUT2D eigenvalue weighted by Crippen LogP contribution is -2.01. The number of rotatable bonds is 1. The van der Waals surface area contributed by atoms with Crippen molar-refractivity contribution in [1.29, 1.82) is 0 Å². The van der Waals surface area contributed by atoms with Gasteiger partial charge in [-0.25, -0.2) is 0 Å². The van der Waals surface area contributed by atoms with E-state index in [1.165, 1.54) is 0 Å². The van der Waals surface area contributed by atoms with Crippen LogP contribution in [0.1, 0.15) is 13.8 Å². The Bertz CT molecular complexity index is 26.5. The highest BCUT2D eigenvalue weighted by Crippen LogP contribution is 2.12. The first-order valence-corrected chi connectivity index (χ1v) is 4.42. The Morgan fingerprint density at radius 3 is 1.17 bits per heavy atom. The van der Waals surface area contributed by atoms with Gasteiger partial charge in [0.25, 0.3) is 0 Å². The maximum Gasteiger partial charge on any atom is 0.0196 e. The summed E-state index contributed by atoms with van der Waals surface area (Å²) in [6.45, 7) is 4.44. The maximum absolute atomic E-state index is 2.42. The van der Waals surface area contributed by atoms with Crippen molar-refractivity contribution in [2.45, 2.75) is 21.7 Å². The Labute approximate surface area is 66.4 Å². The predicted octanol–water partition coefficient (Wildman–Crippen LogP) is 2.63. The monoisotopic (exact) mass is 310 g/mol. The van der Waals surface area contributed by atoms with E-state index in [9.17, 15) is 0 Å². The molecule has 0 nitrogen and oxygen atoms in total. The van der Waals surface area contributed by atoms with Gasteiger partial charge < -0.3 is 0 Å². The van der Waals surface area contributed by atoms with Gasteiger partial charge >= 0.3 is 0 Å². The normalized spacial score (nSPS) is 20.0. The van der Waals surface area contributed by atoms with Gasteiger partial charge in [-0.05, 0) is 0 Å². The SMILES string of the molecule is CC(I)[C@H](C)I. The second-order valence-electron chi connectivity index (χ2n) is 1.36. The van der Waals surface area contributed by atoms with E-state index in [0.717, 1.165) is 7.85 Å². The molecule has 0 aliphatic heterocycles. The first-order valence-electron chi connectivity index (χ1n) is 1.92. The number of hydrogen-bond acceptors (Lipinski definition) is 0. The standard InChI is InChI=1S/C4H8I2/c1-3(5)4(2)6/h3-4H,1-2H3/t3-,4?/m0/s1. The van der Waals surface area contributed by atoms with E-state index in [0.29, 0.717) is 0 Å². The van der Waals surface area contributed by atoms with Crippen LogP contribution < -0.4 is 0 Å². The van der Waals surface area contributed by atoms with Crippen molar-refractivity contribution in [1.82, 2.24) is 0 Å². The van der Waals surface area contributed by atoms with E-state index >= 15 is 0 Å². The zero-order valence-electron chi connectivity index (χ0n) is 3.91. The molecule has 0 bridgehead atoms. The van der Waals surface area contributed by atoms with E-state index in [1.54, 1.807) is 0 Å². The summed E-state index contributed by atoms with van der Waals surface area (Å²) in [7, 11) is 0. The largest absolute Gasteiger partial charge is 0.0818 e. The highest BCUT2D eigenvalue weighted by Gasteiger charge is 1.99. The first kappa shape index (κ1) is 7.46. The van der Waals surface area contributed by atoms with Gasteiger partial charge in [-0.1, -0.05) is 59.0 Å². The topological polar surface area (TPSA) is 0 Å². The van der Waals surface area contributed by atoms with E-state index in [1.807, 2.05) is 0 Å².